The lowest BCUT2D eigenvalue weighted by Crippen LogP contribution is -2.24. The number of aryl methyl sites for hydroxylation is 1. The largest absolute Gasteiger partial charge is 0.358 e. The van der Waals surface area contributed by atoms with Crippen molar-refractivity contribution < 1.29 is 4.79 Å². The average Bonchev–Trinajstić information content (AvgIpc) is 3.04. The van der Waals surface area contributed by atoms with E-state index >= 15 is 0 Å². The van der Waals surface area contributed by atoms with Gasteiger partial charge in [-0.3, -0.25) is 14.2 Å². The molecule has 9 heteroatoms. The number of fused-ring (bicyclic) bond motifs is 1. The minimum absolute atomic E-state index is 0.147. The molecular formula is C16H16ClN5O2S. The molecule has 130 valence electrons. The Balaban J connectivity index is 2.20. The van der Waals surface area contributed by atoms with Crippen LogP contribution in [0.5, 0.6) is 0 Å². The van der Waals surface area contributed by atoms with Gasteiger partial charge >= 0.3 is 0 Å². The summed E-state index contributed by atoms with van der Waals surface area (Å²) in [6, 6.07) is 6.87. The molecular weight excluding hydrogens is 362 g/mol. The molecule has 0 radical (unpaired) electrons. The van der Waals surface area contributed by atoms with Crippen molar-refractivity contribution in [3.63, 3.8) is 0 Å². The summed E-state index contributed by atoms with van der Waals surface area (Å²) in [4.78, 5) is 33.4. The van der Waals surface area contributed by atoms with Crippen LogP contribution in [0.15, 0.2) is 40.5 Å². The molecule has 1 aromatic carbocycles. The Hall–Kier alpha value is -2.32. The Labute approximate surface area is 153 Å². The standard InChI is InChI=1S/C16H16ClN5O2S/c1-3-21-9-19-13-14(21)20-16(25-8-12(23)18-2)22(15(13)24)11-6-4-10(17)5-7-11/h4-7,9H,3,8H2,1-2H3,(H,18,23). The topological polar surface area (TPSA) is 81.8 Å². The van der Waals surface area contributed by atoms with Gasteiger partial charge in [0.2, 0.25) is 5.91 Å². The Morgan fingerprint density at radius 2 is 2.04 bits per heavy atom. The van der Waals surface area contributed by atoms with Gasteiger partial charge < -0.3 is 9.88 Å². The molecule has 0 fully saturated rings. The van der Waals surface area contributed by atoms with Crippen LogP contribution in [0.1, 0.15) is 6.92 Å². The average molecular weight is 378 g/mol. The number of hydrogen-bond donors (Lipinski definition) is 1. The van der Waals surface area contributed by atoms with Gasteiger partial charge in [-0.15, -0.1) is 0 Å². The van der Waals surface area contributed by atoms with Crippen molar-refractivity contribution in [3.05, 3.63) is 46.0 Å². The maximum absolute atomic E-state index is 13.0. The first-order valence-corrected chi connectivity index (χ1v) is 8.98. The molecule has 1 N–H and O–H groups in total. The van der Waals surface area contributed by atoms with Crippen molar-refractivity contribution in [1.29, 1.82) is 0 Å². The minimum Gasteiger partial charge on any atom is -0.358 e. The normalized spacial score (nSPS) is 11.0. The van der Waals surface area contributed by atoms with Crippen LogP contribution >= 0.6 is 23.4 Å². The summed E-state index contributed by atoms with van der Waals surface area (Å²) in [6.07, 6.45) is 1.60. The van der Waals surface area contributed by atoms with Crippen LogP contribution in [0.3, 0.4) is 0 Å². The molecule has 25 heavy (non-hydrogen) atoms. The molecule has 0 unspecified atom stereocenters. The molecule has 0 saturated heterocycles. The van der Waals surface area contributed by atoms with Crippen LogP contribution < -0.4 is 10.9 Å². The number of thioether (sulfide) groups is 1. The number of rotatable bonds is 5. The van der Waals surface area contributed by atoms with Gasteiger partial charge in [-0.25, -0.2) is 9.97 Å². The van der Waals surface area contributed by atoms with E-state index < -0.39 is 0 Å². The number of carbonyl (C=O) groups excluding carboxylic acids is 1. The molecule has 0 saturated carbocycles. The number of imidazole rings is 1. The second kappa shape index (κ2) is 7.28. The smallest absolute Gasteiger partial charge is 0.286 e. The fourth-order valence-corrected chi connectivity index (χ4v) is 3.32. The second-order valence-electron chi connectivity index (χ2n) is 5.18. The highest BCUT2D eigenvalue weighted by atomic mass is 35.5. The summed E-state index contributed by atoms with van der Waals surface area (Å²) in [7, 11) is 1.57. The Bertz CT molecular complexity index is 981. The maximum atomic E-state index is 13.0. The number of nitrogens with zero attached hydrogens (tertiary/aromatic N) is 4. The molecule has 0 aliphatic heterocycles. The predicted octanol–water partition coefficient (Wildman–Crippen LogP) is 2.09. The SMILES string of the molecule is CCn1cnc2c(=O)n(-c3ccc(Cl)cc3)c(SCC(=O)NC)nc21. The number of halogens is 1. The molecule has 1 amide bonds. The molecule has 3 aromatic rings. The van der Waals surface area contributed by atoms with E-state index in [4.69, 9.17) is 11.6 Å². The molecule has 0 atom stereocenters. The van der Waals surface area contributed by atoms with Gasteiger partial charge in [0.05, 0.1) is 17.8 Å². The number of hydrogen-bond acceptors (Lipinski definition) is 5. The predicted molar refractivity (Wildman–Crippen MR) is 98.6 cm³/mol. The summed E-state index contributed by atoms with van der Waals surface area (Å²) in [5, 5.41) is 3.56. The van der Waals surface area contributed by atoms with Gasteiger partial charge in [0, 0.05) is 18.6 Å². The maximum Gasteiger partial charge on any atom is 0.286 e. The van der Waals surface area contributed by atoms with Crippen LogP contribution in [0.4, 0.5) is 0 Å². The van der Waals surface area contributed by atoms with Gasteiger partial charge in [0.1, 0.15) is 0 Å². The van der Waals surface area contributed by atoms with Crippen molar-refractivity contribution in [2.24, 2.45) is 0 Å². The molecule has 2 aromatic heterocycles. The lowest BCUT2D eigenvalue weighted by molar-refractivity contribution is -0.118. The lowest BCUT2D eigenvalue weighted by Gasteiger charge is -2.12. The first-order chi connectivity index (χ1) is 12.0. The van der Waals surface area contributed by atoms with Gasteiger partial charge in [0.25, 0.3) is 5.56 Å². The van der Waals surface area contributed by atoms with Crippen molar-refractivity contribution in [2.75, 3.05) is 12.8 Å². The highest BCUT2D eigenvalue weighted by Crippen LogP contribution is 2.22. The Morgan fingerprint density at radius 3 is 2.68 bits per heavy atom. The van der Waals surface area contributed by atoms with Crippen LogP contribution in [0, 0.1) is 0 Å². The van der Waals surface area contributed by atoms with E-state index in [9.17, 15) is 9.59 Å². The Morgan fingerprint density at radius 1 is 1.32 bits per heavy atom. The van der Waals surface area contributed by atoms with E-state index in [0.29, 0.717) is 33.6 Å². The molecule has 0 aliphatic carbocycles. The summed E-state index contributed by atoms with van der Waals surface area (Å²) in [5.41, 5.74) is 1.14. The fraction of sp³-hybridized carbons (Fsp3) is 0.250. The van der Waals surface area contributed by atoms with Crippen LogP contribution in [0.2, 0.25) is 5.02 Å². The molecule has 2 heterocycles. The monoisotopic (exact) mass is 377 g/mol. The number of carbonyl (C=O) groups is 1. The van der Waals surface area contributed by atoms with Crippen molar-refractivity contribution in [3.8, 4) is 5.69 Å². The summed E-state index contributed by atoms with van der Waals surface area (Å²) >= 11 is 7.14. The van der Waals surface area contributed by atoms with Crippen molar-refractivity contribution >= 4 is 40.4 Å². The van der Waals surface area contributed by atoms with E-state index in [2.05, 4.69) is 15.3 Å². The fourth-order valence-electron chi connectivity index (χ4n) is 2.33. The van der Waals surface area contributed by atoms with Crippen LogP contribution in [0.25, 0.3) is 16.9 Å². The highest BCUT2D eigenvalue weighted by Gasteiger charge is 2.17. The minimum atomic E-state index is -0.279. The van der Waals surface area contributed by atoms with E-state index in [1.807, 2.05) is 6.92 Å². The first-order valence-electron chi connectivity index (χ1n) is 7.62. The van der Waals surface area contributed by atoms with Gasteiger partial charge in [-0.05, 0) is 31.2 Å². The van der Waals surface area contributed by atoms with E-state index in [1.54, 1.807) is 42.2 Å². The number of amides is 1. The third kappa shape index (κ3) is 3.40. The summed E-state index contributed by atoms with van der Waals surface area (Å²) in [6.45, 7) is 2.60. The zero-order valence-electron chi connectivity index (χ0n) is 13.7. The zero-order chi connectivity index (χ0) is 18.0. The summed E-state index contributed by atoms with van der Waals surface area (Å²) in [5.74, 6) is 0.00784. The van der Waals surface area contributed by atoms with Crippen molar-refractivity contribution in [1.82, 2.24) is 24.4 Å². The molecule has 0 spiro atoms. The van der Waals surface area contributed by atoms with E-state index in [-0.39, 0.29) is 17.2 Å². The third-order valence-electron chi connectivity index (χ3n) is 3.65. The number of benzene rings is 1. The van der Waals surface area contributed by atoms with Gasteiger partial charge in [-0.1, -0.05) is 23.4 Å². The quantitative estimate of drug-likeness (QED) is 0.544. The molecule has 3 rings (SSSR count). The van der Waals surface area contributed by atoms with E-state index in [1.165, 1.54) is 16.3 Å². The lowest BCUT2D eigenvalue weighted by atomic mass is 10.3. The second-order valence-corrected chi connectivity index (χ2v) is 6.55. The zero-order valence-corrected chi connectivity index (χ0v) is 15.3. The molecule has 0 bridgehead atoms. The van der Waals surface area contributed by atoms with Crippen LogP contribution in [-0.2, 0) is 11.3 Å². The van der Waals surface area contributed by atoms with Gasteiger partial charge in [-0.2, -0.15) is 0 Å². The summed E-state index contributed by atoms with van der Waals surface area (Å²) < 4.78 is 3.26. The molecule has 7 nitrogen and oxygen atoms in total. The first kappa shape index (κ1) is 17.5. The number of aromatic nitrogens is 4. The van der Waals surface area contributed by atoms with E-state index in [0.717, 1.165) is 0 Å². The number of nitrogens with one attached hydrogen (secondary N) is 1. The highest BCUT2D eigenvalue weighted by molar-refractivity contribution is 7.99. The third-order valence-corrected chi connectivity index (χ3v) is 4.84. The molecule has 0 aliphatic rings. The van der Waals surface area contributed by atoms with Gasteiger partial charge in [0.15, 0.2) is 16.3 Å². The van der Waals surface area contributed by atoms with Crippen molar-refractivity contribution in [2.45, 2.75) is 18.6 Å². The van der Waals surface area contributed by atoms with Crippen LogP contribution in [-0.4, -0.2) is 37.8 Å². The Kier molecular flexibility index (Phi) is 5.10.